The Bertz CT molecular complexity index is 763. The van der Waals surface area contributed by atoms with Gasteiger partial charge < -0.3 is 10.2 Å². The molecule has 0 aliphatic heterocycles. The number of carbonyl (C=O) groups excluding carboxylic acids is 2. The Morgan fingerprint density at radius 1 is 1.17 bits per heavy atom. The highest BCUT2D eigenvalue weighted by Gasteiger charge is 2.15. The van der Waals surface area contributed by atoms with E-state index in [1.807, 2.05) is 13.8 Å². The summed E-state index contributed by atoms with van der Waals surface area (Å²) in [4.78, 5) is 30.2. The highest BCUT2D eigenvalue weighted by molar-refractivity contribution is 6.31. The van der Waals surface area contributed by atoms with E-state index in [0.717, 1.165) is 6.07 Å². The van der Waals surface area contributed by atoms with Gasteiger partial charge in [0.2, 0.25) is 0 Å². The van der Waals surface area contributed by atoms with E-state index < -0.39 is 11.7 Å². The Labute approximate surface area is 144 Å². The maximum absolute atomic E-state index is 13.1. The Kier molecular flexibility index (Phi) is 5.87. The van der Waals surface area contributed by atoms with Crippen LogP contribution >= 0.6 is 11.6 Å². The van der Waals surface area contributed by atoms with Gasteiger partial charge >= 0.3 is 0 Å². The van der Waals surface area contributed by atoms with Crippen molar-refractivity contribution in [3.8, 4) is 0 Å². The molecule has 7 heteroatoms. The van der Waals surface area contributed by atoms with Crippen LogP contribution in [0, 0.1) is 5.82 Å². The normalized spacial score (nSPS) is 10.3. The number of benzene rings is 1. The smallest absolute Gasteiger partial charge is 0.257 e. The molecule has 0 saturated carbocycles. The van der Waals surface area contributed by atoms with E-state index in [4.69, 9.17) is 11.6 Å². The predicted octanol–water partition coefficient (Wildman–Crippen LogP) is 3.61. The number of nitrogens with one attached hydrogen (secondary N) is 1. The van der Waals surface area contributed by atoms with Crippen LogP contribution in [0.5, 0.6) is 0 Å². The second kappa shape index (κ2) is 7.88. The molecule has 1 aromatic carbocycles. The van der Waals surface area contributed by atoms with E-state index >= 15 is 0 Å². The van der Waals surface area contributed by atoms with Gasteiger partial charge in [0.15, 0.2) is 0 Å². The monoisotopic (exact) mass is 349 g/mol. The van der Waals surface area contributed by atoms with Gasteiger partial charge in [0.25, 0.3) is 11.8 Å². The average Bonchev–Trinajstić information content (AvgIpc) is 2.59. The minimum absolute atomic E-state index is 0.0867. The number of pyridine rings is 1. The van der Waals surface area contributed by atoms with Gasteiger partial charge in [-0.25, -0.2) is 4.39 Å². The van der Waals surface area contributed by atoms with Crippen LogP contribution in [-0.2, 0) is 0 Å². The van der Waals surface area contributed by atoms with E-state index in [1.165, 1.54) is 30.6 Å². The van der Waals surface area contributed by atoms with Gasteiger partial charge in [-0.1, -0.05) is 11.6 Å². The molecule has 2 amide bonds. The molecule has 0 bridgehead atoms. The average molecular weight is 350 g/mol. The highest BCUT2D eigenvalue weighted by Crippen LogP contribution is 2.20. The lowest BCUT2D eigenvalue weighted by Crippen LogP contribution is -2.30. The molecular weight excluding hydrogens is 333 g/mol. The Morgan fingerprint density at radius 3 is 2.46 bits per heavy atom. The number of anilines is 1. The van der Waals surface area contributed by atoms with Gasteiger partial charge in [-0.15, -0.1) is 0 Å². The molecule has 1 N–H and O–H groups in total. The van der Waals surface area contributed by atoms with Crippen molar-refractivity contribution in [2.75, 3.05) is 18.4 Å². The largest absolute Gasteiger partial charge is 0.339 e. The summed E-state index contributed by atoms with van der Waals surface area (Å²) in [7, 11) is 0. The topological polar surface area (TPSA) is 62.3 Å². The van der Waals surface area contributed by atoms with Crippen molar-refractivity contribution in [2.45, 2.75) is 13.8 Å². The number of hydrogen-bond donors (Lipinski definition) is 1. The third-order valence-electron chi connectivity index (χ3n) is 3.48. The van der Waals surface area contributed by atoms with Crippen molar-refractivity contribution in [2.24, 2.45) is 0 Å². The van der Waals surface area contributed by atoms with Crippen LogP contribution in [0.3, 0.4) is 0 Å². The first-order chi connectivity index (χ1) is 11.5. The first-order valence-corrected chi connectivity index (χ1v) is 7.84. The van der Waals surface area contributed by atoms with Crippen LogP contribution in [-0.4, -0.2) is 34.8 Å². The molecule has 0 radical (unpaired) electrons. The molecular formula is C17H17ClFN3O2. The molecule has 0 aliphatic carbocycles. The van der Waals surface area contributed by atoms with Crippen molar-refractivity contribution in [3.63, 3.8) is 0 Å². The predicted molar refractivity (Wildman–Crippen MR) is 90.9 cm³/mol. The molecule has 126 valence electrons. The zero-order valence-corrected chi connectivity index (χ0v) is 14.1. The number of nitrogens with zero attached hydrogens (tertiary/aromatic N) is 2. The molecule has 0 fully saturated rings. The fourth-order valence-electron chi connectivity index (χ4n) is 2.15. The van der Waals surface area contributed by atoms with E-state index in [2.05, 4.69) is 10.3 Å². The minimum atomic E-state index is -0.567. The van der Waals surface area contributed by atoms with Crippen LogP contribution in [0.1, 0.15) is 34.6 Å². The number of amides is 2. The van der Waals surface area contributed by atoms with Crippen LogP contribution in [0.15, 0.2) is 36.7 Å². The lowest BCUT2D eigenvalue weighted by Gasteiger charge is -2.18. The third kappa shape index (κ3) is 4.08. The maximum atomic E-state index is 13.1. The van der Waals surface area contributed by atoms with Crippen LogP contribution in [0.25, 0.3) is 0 Å². The summed E-state index contributed by atoms with van der Waals surface area (Å²) in [5.41, 5.74) is 0.920. The first kappa shape index (κ1) is 17.9. The summed E-state index contributed by atoms with van der Waals surface area (Å²) in [5, 5.41) is 2.51. The summed E-state index contributed by atoms with van der Waals surface area (Å²) in [6.45, 7) is 4.90. The summed E-state index contributed by atoms with van der Waals surface area (Å²) in [6.07, 6.45) is 2.78. The molecule has 2 rings (SSSR count). The Hall–Kier alpha value is -2.47. The number of carbonyl (C=O) groups is 2. The van der Waals surface area contributed by atoms with Gasteiger partial charge in [-0.2, -0.15) is 0 Å². The molecule has 24 heavy (non-hydrogen) atoms. The molecule has 1 heterocycles. The summed E-state index contributed by atoms with van der Waals surface area (Å²) in [5.74, 6) is -1.21. The number of halogens is 2. The van der Waals surface area contributed by atoms with Crippen LogP contribution in [0.2, 0.25) is 5.02 Å². The van der Waals surface area contributed by atoms with Crippen molar-refractivity contribution in [1.29, 1.82) is 0 Å². The standard InChI is InChI=1S/C17H17ClFN3O2/c1-3-22(4-2)17(24)12-7-11(9-20-10-12)16(23)21-13-5-6-15(19)14(18)8-13/h5-10H,3-4H2,1-2H3,(H,21,23). The van der Waals surface area contributed by atoms with E-state index in [-0.39, 0.29) is 16.5 Å². The van der Waals surface area contributed by atoms with Crippen LogP contribution in [0.4, 0.5) is 10.1 Å². The quantitative estimate of drug-likeness (QED) is 0.897. The van der Waals surface area contributed by atoms with Gasteiger partial charge in [0.05, 0.1) is 16.1 Å². The summed E-state index contributed by atoms with van der Waals surface area (Å²) < 4.78 is 13.1. The van der Waals surface area contributed by atoms with Crippen molar-refractivity contribution in [1.82, 2.24) is 9.88 Å². The van der Waals surface area contributed by atoms with E-state index in [0.29, 0.717) is 24.3 Å². The van der Waals surface area contributed by atoms with Crippen molar-refractivity contribution in [3.05, 3.63) is 58.6 Å². The summed E-state index contributed by atoms with van der Waals surface area (Å²) >= 11 is 5.69. The van der Waals surface area contributed by atoms with Gasteiger partial charge in [0, 0.05) is 31.2 Å². The van der Waals surface area contributed by atoms with Gasteiger partial charge in [-0.05, 0) is 38.1 Å². The second-order valence-electron chi connectivity index (χ2n) is 5.02. The highest BCUT2D eigenvalue weighted by atomic mass is 35.5. The van der Waals surface area contributed by atoms with Gasteiger partial charge in [-0.3, -0.25) is 14.6 Å². The molecule has 0 atom stereocenters. The minimum Gasteiger partial charge on any atom is -0.339 e. The van der Waals surface area contributed by atoms with Crippen LogP contribution < -0.4 is 5.32 Å². The zero-order valence-electron chi connectivity index (χ0n) is 13.3. The SMILES string of the molecule is CCN(CC)C(=O)c1cncc(C(=O)Nc2ccc(F)c(Cl)c2)c1. The Balaban J connectivity index is 2.19. The zero-order chi connectivity index (χ0) is 17.7. The second-order valence-corrected chi connectivity index (χ2v) is 5.43. The maximum Gasteiger partial charge on any atom is 0.257 e. The number of aromatic nitrogens is 1. The fraction of sp³-hybridized carbons (Fsp3) is 0.235. The number of rotatable bonds is 5. The Morgan fingerprint density at radius 2 is 1.83 bits per heavy atom. The lowest BCUT2D eigenvalue weighted by atomic mass is 10.1. The van der Waals surface area contributed by atoms with Crippen molar-refractivity contribution < 1.29 is 14.0 Å². The molecule has 0 unspecified atom stereocenters. The van der Waals surface area contributed by atoms with E-state index in [1.54, 1.807) is 4.90 Å². The lowest BCUT2D eigenvalue weighted by molar-refractivity contribution is 0.0772. The molecule has 1 aromatic heterocycles. The first-order valence-electron chi connectivity index (χ1n) is 7.47. The third-order valence-corrected chi connectivity index (χ3v) is 3.77. The molecule has 2 aromatic rings. The molecule has 5 nitrogen and oxygen atoms in total. The van der Waals surface area contributed by atoms with E-state index in [9.17, 15) is 14.0 Å². The fourth-order valence-corrected chi connectivity index (χ4v) is 2.33. The van der Waals surface area contributed by atoms with Gasteiger partial charge in [0.1, 0.15) is 5.82 Å². The van der Waals surface area contributed by atoms with Crippen molar-refractivity contribution >= 4 is 29.1 Å². The number of hydrogen-bond acceptors (Lipinski definition) is 3. The molecule has 0 spiro atoms. The molecule has 0 aliphatic rings. The molecule has 0 saturated heterocycles. The summed E-state index contributed by atoms with van der Waals surface area (Å²) in [6, 6.07) is 5.36.